The van der Waals surface area contributed by atoms with E-state index in [1.54, 1.807) is 5.38 Å². The van der Waals surface area contributed by atoms with Crippen LogP contribution in [-0.2, 0) is 35.7 Å². The van der Waals surface area contributed by atoms with Crippen LogP contribution in [0.15, 0.2) is 39.7 Å². The van der Waals surface area contributed by atoms with Gasteiger partial charge in [-0.05, 0) is 24.5 Å². The fourth-order valence-corrected chi connectivity index (χ4v) is 6.70. The molecule has 0 fully saturated rings. The Bertz CT molecular complexity index is 1630. The van der Waals surface area contributed by atoms with Gasteiger partial charge in [-0.2, -0.15) is 4.72 Å². The van der Waals surface area contributed by atoms with E-state index >= 15 is 0 Å². The van der Waals surface area contributed by atoms with E-state index in [0.717, 1.165) is 28.7 Å². The molecule has 42 heavy (non-hydrogen) atoms. The smallest absolute Gasteiger partial charge is 0.287 e. The Morgan fingerprint density at radius 1 is 1.14 bits per heavy atom. The average Bonchev–Trinajstić information content (AvgIpc) is 3.52. The van der Waals surface area contributed by atoms with Gasteiger partial charge in [0.2, 0.25) is 17.6 Å². The first-order valence-electron chi connectivity index (χ1n) is 13.1. The van der Waals surface area contributed by atoms with Crippen molar-refractivity contribution in [3.63, 3.8) is 0 Å². The Morgan fingerprint density at radius 3 is 2.52 bits per heavy atom. The zero-order valence-corrected chi connectivity index (χ0v) is 25.6. The van der Waals surface area contributed by atoms with Crippen LogP contribution in [0.4, 0.5) is 5.69 Å². The standard InChI is InChI=1S/C25H32ClN7O7S2/c1-4-15(5-2)13-28-19(35)14-32-10-6-7-17(23(32)38)29-21(36)16(8-9-18(34)22(37)27-3)31-42(39,40)24-20(26)30-25-33(24)11-12-41-25/h6-7,10-12,15-16,31H,4-5,8-9,13-14H2,1-3H3,(H,27,37)(H,28,35)(H,29,36)/t16-/m0/s1. The molecule has 3 rings (SSSR count). The number of aromatic nitrogens is 3. The van der Waals surface area contributed by atoms with Crippen LogP contribution >= 0.6 is 22.9 Å². The summed E-state index contributed by atoms with van der Waals surface area (Å²) in [5, 5.41) is 8.18. The summed E-state index contributed by atoms with van der Waals surface area (Å²) >= 11 is 7.22. The molecule has 0 saturated carbocycles. The normalized spacial score (nSPS) is 12.3. The molecule has 0 saturated heterocycles. The highest BCUT2D eigenvalue weighted by atomic mass is 35.5. The van der Waals surface area contributed by atoms with Gasteiger partial charge in [0.1, 0.15) is 18.3 Å². The number of sulfonamides is 1. The minimum atomic E-state index is -4.49. The van der Waals surface area contributed by atoms with E-state index < -0.39 is 57.1 Å². The summed E-state index contributed by atoms with van der Waals surface area (Å²) in [6.45, 7) is 4.21. The largest absolute Gasteiger partial charge is 0.354 e. The number of carbonyl (C=O) groups is 4. The maximum Gasteiger partial charge on any atom is 0.287 e. The second kappa shape index (κ2) is 14.5. The van der Waals surface area contributed by atoms with E-state index in [9.17, 15) is 32.4 Å². The lowest BCUT2D eigenvalue weighted by molar-refractivity contribution is -0.137. The lowest BCUT2D eigenvalue weighted by atomic mass is 10.0. The first-order valence-corrected chi connectivity index (χ1v) is 15.8. The second-order valence-electron chi connectivity index (χ2n) is 9.31. The monoisotopic (exact) mass is 641 g/mol. The predicted octanol–water partition coefficient (Wildman–Crippen LogP) is 1.14. The lowest BCUT2D eigenvalue weighted by Crippen LogP contribution is -2.45. The molecule has 0 unspecified atom stereocenters. The van der Waals surface area contributed by atoms with Crippen LogP contribution < -0.4 is 26.2 Å². The highest BCUT2D eigenvalue weighted by Crippen LogP contribution is 2.25. The maximum atomic E-state index is 13.3. The minimum absolute atomic E-state index is 0.222. The topological polar surface area (TPSA) is 190 Å². The van der Waals surface area contributed by atoms with Crippen LogP contribution in [0, 0.1) is 5.92 Å². The van der Waals surface area contributed by atoms with Crippen LogP contribution in [0.5, 0.6) is 0 Å². The van der Waals surface area contributed by atoms with Crippen molar-refractivity contribution < 1.29 is 27.6 Å². The van der Waals surface area contributed by atoms with Crippen molar-refractivity contribution in [1.29, 1.82) is 0 Å². The summed E-state index contributed by atoms with van der Waals surface area (Å²) in [6, 6.07) is 1.14. The third-order valence-corrected chi connectivity index (χ3v) is 9.15. The number of Topliss-reactive ketones (excluding diaryl/α,β-unsaturated/α-hetero) is 1. The van der Waals surface area contributed by atoms with Crippen molar-refractivity contribution in [3.05, 3.63) is 45.4 Å². The molecule has 0 aromatic carbocycles. The molecular formula is C25H32ClN7O7S2. The molecule has 0 aliphatic heterocycles. The predicted molar refractivity (Wildman–Crippen MR) is 157 cm³/mol. The number of nitrogens with zero attached hydrogens (tertiary/aromatic N) is 3. The van der Waals surface area contributed by atoms with E-state index in [1.165, 1.54) is 36.0 Å². The quantitative estimate of drug-likeness (QED) is 0.178. The molecule has 0 aliphatic rings. The summed E-state index contributed by atoms with van der Waals surface area (Å²) in [5.74, 6) is -2.84. The van der Waals surface area contributed by atoms with Gasteiger partial charge in [0, 0.05) is 37.8 Å². The Balaban J connectivity index is 1.83. The van der Waals surface area contributed by atoms with Gasteiger partial charge < -0.3 is 20.5 Å². The van der Waals surface area contributed by atoms with E-state index in [-0.39, 0.29) is 23.3 Å². The zero-order chi connectivity index (χ0) is 31.0. The van der Waals surface area contributed by atoms with Crippen molar-refractivity contribution in [1.82, 2.24) is 29.3 Å². The molecule has 228 valence electrons. The van der Waals surface area contributed by atoms with Gasteiger partial charge in [-0.15, -0.1) is 11.3 Å². The highest BCUT2D eigenvalue weighted by Gasteiger charge is 2.32. The number of halogens is 1. The number of anilines is 1. The number of imidazole rings is 1. The van der Waals surface area contributed by atoms with Gasteiger partial charge in [0.25, 0.3) is 21.5 Å². The van der Waals surface area contributed by atoms with Crippen LogP contribution in [0.25, 0.3) is 4.96 Å². The number of thiazole rings is 1. The Hall–Kier alpha value is -3.60. The number of carbonyl (C=O) groups excluding carboxylic acids is 4. The second-order valence-corrected chi connectivity index (χ2v) is 12.2. The molecule has 14 nitrogen and oxygen atoms in total. The number of likely N-dealkylation sites (N-methyl/N-ethyl adjacent to an activating group) is 1. The van der Waals surface area contributed by atoms with E-state index in [4.69, 9.17) is 11.6 Å². The molecule has 4 N–H and O–H groups in total. The Labute approximate surface area is 250 Å². The molecule has 3 amide bonds. The van der Waals surface area contributed by atoms with E-state index in [1.807, 2.05) is 13.8 Å². The van der Waals surface area contributed by atoms with Gasteiger partial charge in [0.15, 0.2) is 15.1 Å². The third kappa shape index (κ3) is 8.02. The number of fused-ring (bicyclic) bond motifs is 1. The summed E-state index contributed by atoms with van der Waals surface area (Å²) in [4.78, 5) is 66.9. The lowest BCUT2D eigenvalue weighted by Gasteiger charge is -2.18. The van der Waals surface area contributed by atoms with Crippen LogP contribution in [0.3, 0.4) is 0 Å². The average molecular weight is 642 g/mol. The number of rotatable bonds is 15. The Kier molecular flexibility index (Phi) is 11.4. The fraction of sp³-hybridized carbons (Fsp3) is 0.440. The zero-order valence-electron chi connectivity index (χ0n) is 23.2. The van der Waals surface area contributed by atoms with Crippen molar-refractivity contribution >= 4 is 67.1 Å². The maximum absolute atomic E-state index is 13.3. The molecule has 0 bridgehead atoms. The molecule has 3 aromatic heterocycles. The molecular weight excluding hydrogens is 610 g/mol. The summed E-state index contributed by atoms with van der Waals surface area (Å²) in [6.07, 6.45) is 3.70. The van der Waals surface area contributed by atoms with Gasteiger partial charge in [0.05, 0.1) is 0 Å². The summed E-state index contributed by atoms with van der Waals surface area (Å²) in [5.41, 5.74) is -0.926. The third-order valence-electron chi connectivity index (χ3n) is 6.52. The molecule has 0 spiro atoms. The number of hydrogen-bond donors (Lipinski definition) is 4. The first-order chi connectivity index (χ1) is 19.9. The van der Waals surface area contributed by atoms with Gasteiger partial charge >= 0.3 is 0 Å². The number of hydrogen-bond acceptors (Lipinski definition) is 9. The van der Waals surface area contributed by atoms with Crippen LogP contribution in [0.1, 0.15) is 39.5 Å². The van der Waals surface area contributed by atoms with E-state index in [0.29, 0.717) is 17.4 Å². The van der Waals surface area contributed by atoms with Gasteiger partial charge in [-0.1, -0.05) is 38.3 Å². The van der Waals surface area contributed by atoms with Crippen molar-refractivity contribution in [2.45, 2.75) is 57.1 Å². The molecule has 17 heteroatoms. The van der Waals surface area contributed by atoms with Gasteiger partial charge in [-0.3, -0.25) is 28.4 Å². The minimum Gasteiger partial charge on any atom is -0.354 e. The Morgan fingerprint density at radius 2 is 1.86 bits per heavy atom. The number of amides is 3. The first kappa shape index (κ1) is 32.9. The molecule has 0 radical (unpaired) electrons. The molecule has 3 aromatic rings. The number of nitrogens with one attached hydrogen (secondary N) is 4. The van der Waals surface area contributed by atoms with Crippen LogP contribution in [0.2, 0.25) is 5.15 Å². The van der Waals surface area contributed by atoms with Crippen molar-refractivity contribution in [2.75, 3.05) is 18.9 Å². The summed E-state index contributed by atoms with van der Waals surface area (Å²) in [7, 11) is -3.23. The van der Waals surface area contributed by atoms with E-state index in [2.05, 4.69) is 25.7 Å². The molecule has 0 aliphatic carbocycles. The molecule has 1 atom stereocenters. The van der Waals surface area contributed by atoms with Crippen LogP contribution in [-0.4, -0.2) is 65.5 Å². The van der Waals surface area contributed by atoms with Crippen molar-refractivity contribution in [3.8, 4) is 0 Å². The number of pyridine rings is 1. The highest BCUT2D eigenvalue weighted by molar-refractivity contribution is 7.89. The fourth-order valence-electron chi connectivity index (χ4n) is 4.02. The van der Waals surface area contributed by atoms with Crippen molar-refractivity contribution in [2.24, 2.45) is 5.92 Å². The SMILES string of the molecule is CCC(CC)CNC(=O)Cn1cccc(NC(=O)[C@H](CCC(=O)C(=O)NC)NS(=O)(=O)c2c(Cl)nc3sccn23)c1=O. The van der Waals surface area contributed by atoms with Gasteiger partial charge in [-0.25, -0.2) is 13.4 Å². The summed E-state index contributed by atoms with van der Waals surface area (Å²) < 4.78 is 31.2. The molecule has 3 heterocycles. The number of ketones is 1.